The second-order valence-electron chi connectivity index (χ2n) is 5.78. The van der Waals surface area contributed by atoms with Crippen molar-refractivity contribution in [1.82, 2.24) is 4.90 Å². The molecule has 5 nitrogen and oxygen atoms in total. The van der Waals surface area contributed by atoms with Crippen LogP contribution in [0.25, 0.3) is 0 Å². The molecule has 2 amide bonds. The summed E-state index contributed by atoms with van der Waals surface area (Å²) in [4.78, 5) is 25.3. The molecule has 2 unspecified atom stereocenters. The van der Waals surface area contributed by atoms with Crippen LogP contribution in [0, 0.1) is 11.8 Å². The molecule has 114 valence electrons. The number of carbonyl (C=O) groups excluding carboxylic acids is 1. The minimum absolute atomic E-state index is 0.00560. The van der Waals surface area contributed by atoms with E-state index in [2.05, 4.69) is 19.2 Å². The van der Waals surface area contributed by atoms with Gasteiger partial charge in [-0.15, -0.1) is 0 Å². The van der Waals surface area contributed by atoms with Crippen molar-refractivity contribution in [1.29, 1.82) is 0 Å². The lowest BCUT2D eigenvalue weighted by Gasteiger charge is -2.35. The van der Waals surface area contributed by atoms with Crippen molar-refractivity contribution in [2.45, 2.75) is 20.3 Å². The van der Waals surface area contributed by atoms with Crippen molar-refractivity contribution in [3.63, 3.8) is 0 Å². The summed E-state index contributed by atoms with van der Waals surface area (Å²) in [6.07, 6.45) is 1.10. The standard InChI is InChI=1S/C15H19ClN2O3/c1-9-5-10(2)8-18(7-9)15(21)17-13-4-3-11(16)6-12(13)14(19)20/h3-4,6,9-10H,5,7-8H2,1-2H3,(H,17,21)(H,19,20). The number of aromatic carboxylic acids is 1. The molecule has 1 heterocycles. The zero-order valence-electron chi connectivity index (χ0n) is 12.1. The monoisotopic (exact) mass is 310 g/mol. The Morgan fingerprint density at radius 2 is 1.90 bits per heavy atom. The smallest absolute Gasteiger partial charge is 0.337 e. The molecule has 1 aliphatic rings. The Bertz CT molecular complexity index is 552. The maximum absolute atomic E-state index is 12.3. The van der Waals surface area contributed by atoms with Crippen LogP contribution in [0.15, 0.2) is 18.2 Å². The maximum Gasteiger partial charge on any atom is 0.337 e. The fraction of sp³-hybridized carbons (Fsp3) is 0.467. The van der Waals surface area contributed by atoms with Crippen molar-refractivity contribution in [3.8, 4) is 0 Å². The molecule has 2 atom stereocenters. The minimum Gasteiger partial charge on any atom is -0.478 e. The van der Waals surface area contributed by atoms with E-state index in [0.717, 1.165) is 6.42 Å². The zero-order chi connectivity index (χ0) is 15.6. The molecule has 0 saturated carbocycles. The molecule has 0 aromatic heterocycles. The van der Waals surface area contributed by atoms with Crippen LogP contribution in [0.2, 0.25) is 5.02 Å². The summed E-state index contributed by atoms with van der Waals surface area (Å²) in [7, 11) is 0. The van der Waals surface area contributed by atoms with Gasteiger partial charge in [-0.3, -0.25) is 0 Å². The number of hydrogen-bond donors (Lipinski definition) is 2. The van der Waals surface area contributed by atoms with Gasteiger partial charge in [0, 0.05) is 18.1 Å². The summed E-state index contributed by atoms with van der Waals surface area (Å²) in [5.41, 5.74) is 0.261. The second kappa shape index (κ2) is 6.35. The molecule has 0 bridgehead atoms. The van der Waals surface area contributed by atoms with E-state index < -0.39 is 5.97 Å². The fourth-order valence-electron chi connectivity index (χ4n) is 2.83. The number of anilines is 1. The molecule has 6 heteroatoms. The number of nitrogens with one attached hydrogen (secondary N) is 1. The van der Waals surface area contributed by atoms with Gasteiger partial charge in [-0.2, -0.15) is 0 Å². The topological polar surface area (TPSA) is 69.6 Å². The van der Waals surface area contributed by atoms with E-state index in [1.807, 2.05) is 0 Å². The lowest BCUT2D eigenvalue weighted by atomic mass is 9.92. The predicted octanol–water partition coefficient (Wildman–Crippen LogP) is 3.55. The Kier molecular flexibility index (Phi) is 4.73. The van der Waals surface area contributed by atoms with E-state index in [1.165, 1.54) is 12.1 Å². The summed E-state index contributed by atoms with van der Waals surface area (Å²) in [5.74, 6) is -0.222. The number of benzene rings is 1. The third kappa shape index (κ3) is 3.88. The highest BCUT2D eigenvalue weighted by Gasteiger charge is 2.26. The Labute approximate surface area is 128 Å². The first-order valence-electron chi connectivity index (χ1n) is 6.95. The number of carbonyl (C=O) groups is 2. The molecule has 0 spiro atoms. The lowest BCUT2D eigenvalue weighted by molar-refractivity contribution is 0.0698. The van der Waals surface area contributed by atoms with E-state index in [0.29, 0.717) is 29.9 Å². The van der Waals surface area contributed by atoms with Crippen LogP contribution < -0.4 is 5.32 Å². The summed E-state index contributed by atoms with van der Waals surface area (Å²) in [5, 5.41) is 12.2. The number of carboxylic acid groups (broad SMARTS) is 1. The van der Waals surface area contributed by atoms with Gasteiger partial charge in [-0.1, -0.05) is 25.4 Å². The number of piperidine rings is 1. The van der Waals surface area contributed by atoms with Crippen LogP contribution in [0.1, 0.15) is 30.6 Å². The normalized spacial score (nSPS) is 22.0. The lowest BCUT2D eigenvalue weighted by Crippen LogP contribution is -2.44. The van der Waals surface area contributed by atoms with Crippen LogP contribution in [-0.4, -0.2) is 35.1 Å². The summed E-state index contributed by atoms with van der Waals surface area (Å²) in [6, 6.07) is 4.14. The van der Waals surface area contributed by atoms with Crippen molar-refractivity contribution in [2.24, 2.45) is 11.8 Å². The van der Waals surface area contributed by atoms with E-state index in [1.54, 1.807) is 11.0 Å². The van der Waals surface area contributed by atoms with Gasteiger partial charge in [-0.05, 0) is 36.5 Å². The molecular weight excluding hydrogens is 292 g/mol. The van der Waals surface area contributed by atoms with Crippen LogP contribution >= 0.6 is 11.6 Å². The average Bonchev–Trinajstić information content (AvgIpc) is 2.39. The summed E-state index contributed by atoms with van der Waals surface area (Å²) in [6.45, 7) is 5.60. The van der Waals surface area contributed by atoms with Crippen LogP contribution in [0.3, 0.4) is 0 Å². The van der Waals surface area contributed by atoms with Crippen LogP contribution in [0.5, 0.6) is 0 Å². The highest BCUT2D eigenvalue weighted by molar-refractivity contribution is 6.31. The van der Waals surface area contributed by atoms with Crippen LogP contribution in [-0.2, 0) is 0 Å². The molecule has 1 fully saturated rings. The molecule has 1 aromatic carbocycles. The van der Waals surface area contributed by atoms with Crippen molar-refractivity contribution >= 4 is 29.3 Å². The molecule has 1 saturated heterocycles. The molecular formula is C15H19ClN2O3. The average molecular weight is 311 g/mol. The highest BCUT2D eigenvalue weighted by Crippen LogP contribution is 2.24. The number of halogens is 1. The number of likely N-dealkylation sites (tertiary alicyclic amines) is 1. The molecule has 2 rings (SSSR count). The third-order valence-corrected chi connectivity index (χ3v) is 3.84. The Hall–Kier alpha value is -1.75. The zero-order valence-corrected chi connectivity index (χ0v) is 12.9. The molecule has 0 radical (unpaired) electrons. The molecule has 2 N–H and O–H groups in total. The first-order chi connectivity index (χ1) is 9.86. The first kappa shape index (κ1) is 15.6. The van der Waals surface area contributed by atoms with Gasteiger partial charge in [0.15, 0.2) is 0 Å². The number of nitrogens with zero attached hydrogens (tertiary/aromatic N) is 1. The number of hydrogen-bond acceptors (Lipinski definition) is 2. The first-order valence-corrected chi connectivity index (χ1v) is 7.33. The van der Waals surface area contributed by atoms with Crippen molar-refractivity contribution < 1.29 is 14.7 Å². The Morgan fingerprint density at radius 3 is 2.48 bits per heavy atom. The predicted molar refractivity (Wildman–Crippen MR) is 81.9 cm³/mol. The number of rotatable bonds is 2. The molecule has 1 aliphatic heterocycles. The second-order valence-corrected chi connectivity index (χ2v) is 6.21. The summed E-state index contributed by atoms with van der Waals surface area (Å²) >= 11 is 5.80. The fourth-order valence-corrected chi connectivity index (χ4v) is 3.00. The van der Waals surface area contributed by atoms with E-state index in [9.17, 15) is 14.7 Å². The van der Waals surface area contributed by atoms with Crippen molar-refractivity contribution in [2.75, 3.05) is 18.4 Å². The SMILES string of the molecule is CC1CC(C)CN(C(=O)Nc2ccc(Cl)cc2C(=O)O)C1. The number of amides is 2. The molecule has 0 aliphatic carbocycles. The Balaban J connectivity index is 2.14. The maximum atomic E-state index is 12.3. The van der Waals surface area contributed by atoms with Gasteiger partial charge >= 0.3 is 12.0 Å². The molecule has 1 aromatic rings. The minimum atomic E-state index is -1.12. The van der Waals surface area contributed by atoms with Gasteiger partial charge in [0.2, 0.25) is 0 Å². The third-order valence-electron chi connectivity index (χ3n) is 3.61. The van der Waals surface area contributed by atoms with Gasteiger partial charge in [0.25, 0.3) is 0 Å². The quantitative estimate of drug-likeness (QED) is 0.877. The Morgan fingerprint density at radius 1 is 1.29 bits per heavy atom. The van der Waals surface area contributed by atoms with E-state index in [4.69, 9.17) is 11.6 Å². The number of urea groups is 1. The largest absolute Gasteiger partial charge is 0.478 e. The van der Waals surface area contributed by atoms with Crippen molar-refractivity contribution in [3.05, 3.63) is 28.8 Å². The summed E-state index contributed by atoms with van der Waals surface area (Å²) < 4.78 is 0. The van der Waals surface area contributed by atoms with Gasteiger partial charge < -0.3 is 15.3 Å². The van der Waals surface area contributed by atoms with Gasteiger partial charge in [0.1, 0.15) is 0 Å². The molecule has 21 heavy (non-hydrogen) atoms. The number of carboxylic acids is 1. The van der Waals surface area contributed by atoms with Gasteiger partial charge in [0.05, 0.1) is 11.3 Å². The van der Waals surface area contributed by atoms with E-state index in [-0.39, 0.29) is 17.3 Å². The van der Waals surface area contributed by atoms with Gasteiger partial charge in [-0.25, -0.2) is 9.59 Å². The van der Waals surface area contributed by atoms with E-state index >= 15 is 0 Å². The highest BCUT2D eigenvalue weighted by atomic mass is 35.5. The van der Waals surface area contributed by atoms with Crippen LogP contribution in [0.4, 0.5) is 10.5 Å².